The number of methoxy groups -OCH3 is 1. The van der Waals surface area contributed by atoms with E-state index in [1.807, 2.05) is 6.92 Å². The molecule has 3 rings (SSSR count). The number of carbonyl (C=O) groups is 3. The van der Waals surface area contributed by atoms with Gasteiger partial charge in [-0.1, -0.05) is 25.5 Å². The molecule has 0 bridgehead atoms. The molecule has 0 saturated carbocycles. The molecule has 1 aromatic rings. The number of unbranched alkanes of at least 4 members (excludes halogenated alkanes) is 1. The fourth-order valence-corrected chi connectivity index (χ4v) is 3.76. The van der Waals surface area contributed by atoms with Crippen LogP contribution in [0.4, 0.5) is 4.79 Å². The first-order chi connectivity index (χ1) is 14.5. The van der Waals surface area contributed by atoms with Gasteiger partial charge < -0.3 is 19.7 Å². The zero-order valence-corrected chi connectivity index (χ0v) is 17.8. The first-order valence-corrected chi connectivity index (χ1v) is 10.3. The number of morpholine rings is 1. The third-order valence-corrected chi connectivity index (χ3v) is 5.53. The Kier molecular flexibility index (Phi) is 7.10. The number of carbonyl (C=O) groups excluding carboxylic acids is 3. The lowest BCUT2D eigenvalue weighted by atomic mass is 9.93. The predicted molar refractivity (Wildman–Crippen MR) is 111 cm³/mol. The lowest BCUT2D eigenvalue weighted by Crippen LogP contribution is -2.51. The van der Waals surface area contributed by atoms with Crippen LogP contribution < -0.4 is 5.32 Å². The summed E-state index contributed by atoms with van der Waals surface area (Å²) in [5.74, 6) is -0.532. The fraction of sp³-hybridized carbons (Fsp3) is 0.500. The molecule has 1 atom stereocenters. The summed E-state index contributed by atoms with van der Waals surface area (Å²) < 4.78 is 10.1. The summed E-state index contributed by atoms with van der Waals surface area (Å²) in [4.78, 5) is 41.4. The van der Waals surface area contributed by atoms with E-state index < -0.39 is 12.0 Å². The number of esters is 1. The van der Waals surface area contributed by atoms with Crippen molar-refractivity contribution in [2.75, 3.05) is 40.0 Å². The van der Waals surface area contributed by atoms with Gasteiger partial charge in [0.2, 0.25) is 0 Å². The van der Waals surface area contributed by atoms with Crippen molar-refractivity contribution < 1.29 is 23.9 Å². The molecule has 1 unspecified atom stereocenters. The van der Waals surface area contributed by atoms with Crippen molar-refractivity contribution in [2.24, 2.45) is 0 Å². The molecule has 30 heavy (non-hydrogen) atoms. The van der Waals surface area contributed by atoms with Crippen molar-refractivity contribution >= 4 is 17.9 Å². The van der Waals surface area contributed by atoms with Crippen molar-refractivity contribution in [2.45, 2.75) is 32.7 Å². The molecule has 0 aliphatic carbocycles. The fourth-order valence-electron chi connectivity index (χ4n) is 3.76. The number of nitrogens with one attached hydrogen (secondary N) is 1. The van der Waals surface area contributed by atoms with Gasteiger partial charge in [0.25, 0.3) is 5.91 Å². The molecule has 0 radical (unpaired) electrons. The molecule has 2 heterocycles. The van der Waals surface area contributed by atoms with E-state index in [-0.39, 0.29) is 11.9 Å². The lowest BCUT2D eigenvalue weighted by molar-refractivity contribution is -0.131. The SMILES string of the molecule is CCCCN1C(=O)NC(c2ccc(C(=O)OC)cc2)C(C(=O)N2CCOCC2)=C1C. The van der Waals surface area contributed by atoms with Gasteiger partial charge in [-0.05, 0) is 31.0 Å². The lowest BCUT2D eigenvalue weighted by Gasteiger charge is -2.38. The molecular formula is C22H29N3O5. The molecule has 1 aromatic carbocycles. The van der Waals surface area contributed by atoms with E-state index in [2.05, 4.69) is 12.2 Å². The van der Waals surface area contributed by atoms with Crippen LogP contribution in [0.15, 0.2) is 35.5 Å². The second-order valence-corrected chi connectivity index (χ2v) is 7.40. The molecule has 1 saturated heterocycles. The molecule has 1 fully saturated rings. The Bertz CT molecular complexity index is 828. The molecule has 2 aliphatic rings. The highest BCUT2D eigenvalue weighted by molar-refractivity contribution is 5.98. The van der Waals surface area contributed by atoms with Crippen LogP contribution in [0.2, 0.25) is 0 Å². The molecule has 0 spiro atoms. The Balaban J connectivity index is 1.98. The summed E-state index contributed by atoms with van der Waals surface area (Å²) in [6.45, 7) is 6.50. The highest BCUT2D eigenvalue weighted by Crippen LogP contribution is 2.32. The summed E-state index contributed by atoms with van der Waals surface area (Å²) >= 11 is 0. The van der Waals surface area contributed by atoms with E-state index in [0.717, 1.165) is 18.4 Å². The van der Waals surface area contributed by atoms with E-state index in [1.54, 1.807) is 34.1 Å². The number of benzene rings is 1. The Morgan fingerprint density at radius 1 is 1.20 bits per heavy atom. The van der Waals surface area contributed by atoms with Gasteiger partial charge in [0.1, 0.15) is 0 Å². The zero-order chi connectivity index (χ0) is 21.7. The van der Waals surface area contributed by atoms with Gasteiger partial charge in [0, 0.05) is 25.3 Å². The number of allylic oxidation sites excluding steroid dienone is 1. The van der Waals surface area contributed by atoms with Crippen LogP contribution in [0.3, 0.4) is 0 Å². The molecule has 8 nitrogen and oxygen atoms in total. The van der Waals surface area contributed by atoms with Gasteiger partial charge in [-0.15, -0.1) is 0 Å². The van der Waals surface area contributed by atoms with Gasteiger partial charge in [-0.2, -0.15) is 0 Å². The summed E-state index contributed by atoms with van der Waals surface area (Å²) in [5, 5.41) is 2.99. The van der Waals surface area contributed by atoms with Gasteiger partial charge in [-0.3, -0.25) is 9.69 Å². The first kappa shape index (κ1) is 21.8. The molecule has 2 aliphatic heterocycles. The zero-order valence-electron chi connectivity index (χ0n) is 17.8. The molecule has 8 heteroatoms. The van der Waals surface area contributed by atoms with Crippen LogP contribution in [0.5, 0.6) is 0 Å². The Labute approximate surface area is 176 Å². The number of nitrogens with zero attached hydrogens (tertiary/aromatic N) is 2. The number of urea groups is 1. The summed E-state index contributed by atoms with van der Waals surface area (Å²) in [6.07, 6.45) is 1.80. The Morgan fingerprint density at radius 3 is 2.47 bits per heavy atom. The van der Waals surface area contributed by atoms with E-state index in [0.29, 0.717) is 49.7 Å². The maximum absolute atomic E-state index is 13.5. The normalized spacial score (nSPS) is 19.6. The monoisotopic (exact) mass is 415 g/mol. The molecule has 162 valence electrons. The summed E-state index contributed by atoms with van der Waals surface area (Å²) in [6, 6.07) is 5.97. The van der Waals surface area contributed by atoms with Crippen molar-refractivity contribution in [1.82, 2.24) is 15.1 Å². The quantitative estimate of drug-likeness (QED) is 0.721. The smallest absolute Gasteiger partial charge is 0.337 e. The van der Waals surface area contributed by atoms with E-state index in [4.69, 9.17) is 9.47 Å². The minimum Gasteiger partial charge on any atom is -0.465 e. The van der Waals surface area contributed by atoms with Crippen molar-refractivity contribution in [3.63, 3.8) is 0 Å². The summed E-state index contributed by atoms with van der Waals surface area (Å²) in [7, 11) is 1.33. The number of hydrogen-bond acceptors (Lipinski definition) is 5. The Morgan fingerprint density at radius 2 is 1.87 bits per heavy atom. The first-order valence-electron chi connectivity index (χ1n) is 10.3. The van der Waals surface area contributed by atoms with E-state index in [1.165, 1.54) is 7.11 Å². The predicted octanol–water partition coefficient (Wildman–Crippen LogP) is 2.47. The van der Waals surface area contributed by atoms with E-state index >= 15 is 0 Å². The van der Waals surface area contributed by atoms with Gasteiger partial charge in [0.05, 0.1) is 37.5 Å². The van der Waals surface area contributed by atoms with Crippen LogP contribution in [0.25, 0.3) is 0 Å². The number of rotatable bonds is 6. The highest BCUT2D eigenvalue weighted by atomic mass is 16.5. The third kappa shape index (κ3) is 4.48. The average molecular weight is 415 g/mol. The Hall–Kier alpha value is -2.87. The molecule has 1 N–H and O–H groups in total. The number of ether oxygens (including phenoxy) is 2. The standard InChI is InChI=1S/C22H29N3O5/c1-4-5-10-25-15(2)18(20(26)24-11-13-30-14-12-24)19(23-22(25)28)16-6-8-17(9-7-16)21(27)29-3/h6-9,19H,4-5,10-14H2,1-3H3,(H,23,28). The minimum absolute atomic E-state index is 0.0978. The maximum atomic E-state index is 13.5. The van der Waals surface area contributed by atoms with Crippen molar-refractivity contribution in [3.05, 3.63) is 46.7 Å². The maximum Gasteiger partial charge on any atom is 0.337 e. The van der Waals surface area contributed by atoms with Crippen molar-refractivity contribution in [1.29, 1.82) is 0 Å². The van der Waals surface area contributed by atoms with Gasteiger partial charge in [0.15, 0.2) is 0 Å². The van der Waals surface area contributed by atoms with Crippen molar-refractivity contribution in [3.8, 4) is 0 Å². The summed E-state index contributed by atoms with van der Waals surface area (Å²) in [5.41, 5.74) is 2.38. The van der Waals surface area contributed by atoms with Gasteiger partial charge in [-0.25, -0.2) is 9.59 Å². The van der Waals surface area contributed by atoms with Crippen LogP contribution >= 0.6 is 0 Å². The van der Waals surface area contributed by atoms with Crippen LogP contribution in [-0.2, 0) is 14.3 Å². The second kappa shape index (κ2) is 9.75. The number of amides is 3. The van der Waals surface area contributed by atoms with Crippen LogP contribution in [0.1, 0.15) is 48.7 Å². The van der Waals surface area contributed by atoms with E-state index in [9.17, 15) is 14.4 Å². The number of hydrogen-bond donors (Lipinski definition) is 1. The molecular weight excluding hydrogens is 386 g/mol. The second-order valence-electron chi connectivity index (χ2n) is 7.40. The highest BCUT2D eigenvalue weighted by Gasteiger charge is 2.37. The van der Waals surface area contributed by atoms with Crippen LogP contribution in [0, 0.1) is 0 Å². The average Bonchev–Trinajstić information content (AvgIpc) is 2.78. The molecule has 3 amide bonds. The largest absolute Gasteiger partial charge is 0.465 e. The minimum atomic E-state index is -0.586. The third-order valence-electron chi connectivity index (χ3n) is 5.53. The molecule has 0 aromatic heterocycles. The van der Waals surface area contributed by atoms with Gasteiger partial charge >= 0.3 is 12.0 Å². The van der Waals surface area contributed by atoms with Crippen LogP contribution in [-0.4, -0.2) is 67.7 Å². The topological polar surface area (TPSA) is 88.2 Å².